The number of methoxy groups -OCH3 is 1. The summed E-state index contributed by atoms with van der Waals surface area (Å²) < 4.78 is 17.1. The van der Waals surface area contributed by atoms with Gasteiger partial charge < -0.3 is 19.5 Å². The molecule has 0 saturated carbocycles. The van der Waals surface area contributed by atoms with Crippen molar-refractivity contribution in [2.24, 2.45) is 0 Å². The smallest absolute Gasteiger partial charge is 0.124 e. The maximum atomic E-state index is 5.98. The zero-order valence-electron chi connectivity index (χ0n) is 13.5. The van der Waals surface area contributed by atoms with Crippen molar-refractivity contribution in [3.63, 3.8) is 0 Å². The van der Waals surface area contributed by atoms with Crippen molar-refractivity contribution in [2.75, 3.05) is 13.7 Å². The lowest BCUT2D eigenvalue weighted by molar-refractivity contribution is 0.0262. The van der Waals surface area contributed by atoms with Crippen molar-refractivity contribution < 1.29 is 14.2 Å². The molecule has 21 heavy (non-hydrogen) atoms. The summed E-state index contributed by atoms with van der Waals surface area (Å²) in [5.41, 5.74) is 1.12. The van der Waals surface area contributed by atoms with Crippen LogP contribution in [0.2, 0.25) is 0 Å². The van der Waals surface area contributed by atoms with E-state index in [4.69, 9.17) is 14.2 Å². The maximum absolute atomic E-state index is 5.98. The summed E-state index contributed by atoms with van der Waals surface area (Å²) in [6, 6.07) is 6.38. The van der Waals surface area contributed by atoms with Gasteiger partial charge in [-0.15, -0.1) is 0 Å². The summed E-state index contributed by atoms with van der Waals surface area (Å²) >= 11 is 0. The van der Waals surface area contributed by atoms with Gasteiger partial charge in [-0.25, -0.2) is 0 Å². The van der Waals surface area contributed by atoms with Gasteiger partial charge in [0.2, 0.25) is 0 Å². The van der Waals surface area contributed by atoms with Gasteiger partial charge in [0.1, 0.15) is 18.1 Å². The van der Waals surface area contributed by atoms with Gasteiger partial charge in [0.05, 0.1) is 19.3 Å². The first kappa shape index (κ1) is 16.1. The van der Waals surface area contributed by atoms with E-state index in [1.807, 2.05) is 18.2 Å². The number of hydrogen-bond donors (Lipinski definition) is 1. The predicted molar refractivity (Wildman–Crippen MR) is 84.0 cm³/mol. The van der Waals surface area contributed by atoms with Crippen LogP contribution in [0.3, 0.4) is 0 Å². The molecule has 2 atom stereocenters. The summed E-state index contributed by atoms with van der Waals surface area (Å²) in [4.78, 5) is 0. The molecule has 4 nitrogen and oxygen atoms in total. The summed E-state index contributed by atoms with van der Waals surface area (Å²) in [7, 11) is 1.68. The molecule has 1 N–H and O–H groups in total. The zero-order valence-corrected chi connectivity index (χ0v) is 13.5. The Morgan fingerprint density at radius 1 is 1.33 bits per heavy atom. The quantitative estimate of drug-likeness (QED) is 0.838. The minimum Gasteiger partial charge on any atom is -0.497 e. The number of hydrogen-bond acceptors (Lipinski definition) is 4. The Balaban J connectivity index is 1.99. The third kappa shape index (κ3) is 4.90. The van der Waals surface area contributed by atoms with Crippen LogP contribution in [0.5, 0.6) is 11.5 Å². The molecule has 0 amide bonds. The third-order valence-electron chi connectivity index (χ3n) is 3.71. The minimum atomic E-state index is 0.216. The molecule has 0 bridgehead atoms. The van der Waals surface area contributed by atoms with Crippen LogP contribution in [-0.2, 0) is 11.3 Å². The highest BCUT2D eigenvalue weighted by Crippen LogP contribution is 2.26. The molecule has 4 heteroatoms. The molecule has 0 aromatic heterocycles. The first-order chi connectivity index (χ1) is 10.1. The van der Waals surface area contributed by atoms with Gasteiger partial charge >= 0.3 is 0 Å². The largest absolute Gasteiger partial charge is 0.497 e. The highest BCUT2D eigenvalue weighted by Gasteiger charge is 2.22. The highest BCUT2D eigenvalue weighted by atomic mass is 16.5. The van der Waals surface area contributed by atoms with Crippen LogP contribution < -0.4 is 14.8 Å². The Morgan fingerprint density at radius 2 is 2.14 bits per heavy atom. The van der Waals surface area contributed by atoms with Crippen LogP contribution in [0, 0.1) is 0 Å². The van der Waals surface area contributed by atoms with Gasteiger partial charge in [0, 0.05) is 18.2 Å². The molecule has 1 aromatic carbocycles. The Hall–Kier alpha value is -1.26. The van der Waals surface area contributed by atoms with E-state index in [9.17, 15) is 0 Å². The predicted octanol–water partition coefficient (Wildman–Crippen LogP) is 3.14. The van der Waals surface area contributed by atoms with Crippen LogP contribution in [0.25, 0.3) is 0 Å². The van der Waals surface area contributed by atoms with Gasteiger partial charge in [0.25, 0.3) is 0 Å². The molecule has 2 unspecified atom stereocenters. The maximum Gasteiger partial charge on any atom is 0.124 e. The van der Waals surface area contributed by atoms with E-state index in [0.29, 0.717) is 18.8 Å². The molecule has 1 heterocycles. The summed E-state index contributed by atoms with van der Waals surface area (Å²) in [5, 5.41) is 3.42. The van der Waals surface area contributed by atoms with Crippen LogP contribution in [0.15, 0.2) is 18.2 Å². The van der Waals surface area contributed by atoms with Crippen molar-refractivity contribution in [2.45, 2.75) is 58.4 Å². The Bertz CT molecular complexity index is 448. The Kier molecular flexibility index (Phi) is 5.88. The molecule has 1 aliphatic rings. The lowest BCUT2D eigenvalue weighted by Crippen LogP contribution is -2.23. The van der Waals surface area contributed by atoms with E-state index in [1.54, 1.807) is 7.11 Å². The summed E-state index contributed by atoms with van der Waals surface area (Å²) in [6.07, 6.45) is 2.78. The average Bonchev–Trinajstić information content (AvgIpc) is 2.88. The number of nitrogens with one attached hydrogen (secondary N) is 1. The van der Waals surface area contributed by atoms with Crippen molar-refractivity contribution in [1.29, 1.82) is 0 Å². The second kappa shape index (κ2) is 7.66. The lowest BCUT2D eigenvalue weighted by atomic mass is 10.1. The molecule has 118 valence electrons. The molecule has 0 aliphatic carbocycles. The number of rotatable bonds is 7. The van der Waals surface area contributed by atoms with E-state index < -0.39 is 0 Å². The van der Waals surface area contributed by atoms with Gasteiger partial charge in [-0.05, 0) is 38.0 Å². The van der Waals surface area contributed by atoms with Crippen LogP contribution in [0.1, 0.15) is 39.2 Å². The fourth-order valence-electron chi connectivity index (χ4n) is 2.47. The van der Waals surface area contributed by atoms with Crippen molar-refractivity contribution in [3.8, 4) is 11.5 Å². The van der Waals surface area contributed by atoms with Crippen molar-refractivity contribution in [3.05, 3.63) is 23.8 Å². The number of ether oxygens (including phenoxy) is 3. The van der Waals surface area contributed by atoms with Crippen LogP contribution >= 0.6 is 0 Å². The van der Waals surface area contributed by atoms with Crippen LogP contribution in [0.4, 0.5) is 0 Å². The fraction of sp³-hybridized carbons (Fsp3) is 0.647. The van der Waals surface area contributed by atoms with E-state index >= 15 is 0 Å². The second-order valence-electron chi connectivity index (χ2n) is 5.97. The van der Waals surface area contributed by atoms with E-state index in [-0.39, 0.29) is 6.10 Å². The first-order valence-corrected chi connectivity index (χ1v) is 7.77. The van der Waals surface area contributed by atoms with Gasteiger partial charge in [-0.1, -0.05) is 13.8 Å². The van der Waals surface area contributed by atoms with Gasteiger partial charge in [-0.3, -0.25) is 0 Å². The molecule has 1 saturated heterocycles. The molecular weight excluding hydrogens is 266 g/mol. The van der Waals surface area contributed by atoms with E-state index in [1.165, 1.54) is 0 Å². The molecule has 1 aliphatic heterocycles. The monoisotopic (exact) mass is 293 g/mol. The Labute approximate surface area is 127 Å². The fourth-order valence-corrected chi connectivity index (χ4v) is 2.47. The molecule has 1 aromatic rings. The second-order valence-corrected chi connectivity index (χ2v) is 5.97. The molecule has 1 fully saturated rings. The normalized spacial score (nSPS) is 21.8. The lowest BCUT2D eigenvalue weighted by Gasteiger charge is -2.17. The molecule has 0 spiro atoms. The van der Waals surface area contributed by atoms with Gasteiger partial charge in [-0.2, -0.15) is 0 Å². The minimum absolute atomic E-state index is 0.216. The summed E-state index contributed by atoms with van der Waals surface area (Å²) in [6.45, 7) is 7.77. The molecule has 2 rings (SSSR count). The summed E-state index contributed by atoms with van der Waals surface area (Å²) in [5.74, 6) is 1.76. The van der Waals surface area contributed by atoms with E-state index in [0.717, 1.165) is 36.4 Å². The van der Waals surface area contributed by atoms with Gasteiger partial charge in [0.15, 0.2) is 0 Å². The standard InChI is InChI=1S/C17H27NO3/c1-12(2)18-10-14-9-15(19-4)7-8-17(14)20-11-16-6-5-13(3)21-16/h7-9,12-13,16,18H,5-6,10-11H2,1-4H3. The SMILES string of the molecule is COc1ccc(OCC2CCC(C)O2)c(CNC(C)C)c1. The number of benzene rings is 1. The average molecular weight is 293 g/mol. The highest BCUT2D eigenvalue weighted by molar-refractivity contribution is 5.40. The van der Waals surface area contributed by atoms with E-state index in [2.05, 4.69) is 26.1 Å². The topological polar surface area (TPSA) is 39.7 Å². The Morgan fingerprint density at radius 3 is 2.76 bits per heavy atom. The molecule has 0 radical (unpaired) electrons. The van der Waals surface area contributed by atoms with Crippen LogP contribution in [-0.4, -0.2) is 32.0 Å². The molecular formula is C17H27NO3. The first-order valence-electron chi connectivity index (χ1n) is 7.77. The van der Waals surface area contributed by atoms with Crippen molar-refractivity contribution in [1.82, 2.24) is 5.32 Å². The third-order valence-corrected chi connectivity index (χ3v) is 3.71. The van der Waals surface area contributed by atoms with Crippen molar-refractivity contribution >= 4 is 0 Å². The zero-order chi connectivity index (χ0) is 15.2.